The van der Waals surface area contributed by atoms with Gasteiger partial charge in [0.15, 0.2) is 0 Å². The number of anilines is 1. The molecule has 0 radical (unpaired) electrons. The highest BCUT2D eigenvalue weighted by molar-refractivity contribution is 7.92. The number of halogens is 1. The van der Waals surface area contributed by atoms with Gasteiger partial charge in [-0.1, -0.05) is 12.1 Å². The van der Waals surface area contributed by atoms with E-state index in [2.05, 4.69) is 4.72 Å². The third-order valence-corrected chi connectivity index (χ3v) is 4.26. The Labute approximate surface area is 121 Å². The van der Waals surface area contributed by atoms with Crippen molar-refractivity contribution in [3.63, 3.8) is 0 Å². The van der Waals surface area contributed by atoms with Crippen molar-refractivity contribution in [1.29, 1.82) is 5.26 Å². The maximum absolute atomic E-state index is 13.5. The fraction of sp³-hybridized carbons (Fsp3) is 0.0714. The molecule has 2 rings (SSSR count). The van der Waals surface area contributed by atoms with Gasteiger partial charge in [0.1, 0.15) is 28.1 Å². The first-order valence-corrected chi connectivity index (χ1v) is 7.34. The summed E-state index contributed by atoms with van der Waals surface area (Å²) in [5.74, 6) is -0.984. The zero-order valence-corrected chi connectivity index (χ0v) is 11.8. The van der Waals surface area contributed by atoms with Crippen LogP contribution < -0.4 is 4.72 Å². The maximum Gasteiger partial charge on any atom is 0.263 e. The molecule has 0 aliphatic carbocycles. The minimum atomic E-state index is -4.13. The van der Waals surface area contributed by atoms with Crippen molar-refractivity contribution in [3.05, 3.63) is 53.3 Å². The van der Waals surface area contributed by atoms with Crippen molar-refractivity contribution in [1.82, 2.24) is 0 Å². The molecule has 0 fully saturated rings. The lowest BCUT2D eigenvalue weighted by Crippen LogP contribution is -2.15. The smallest absolute Gasteiger partial charge is 0.263 e. The molecule has 0 amide bonds. The summed E-state index contributed by atoms with van der Waals surface area (Å²) < 4.78 is 40.1. The molecule has 108 valence electrons. The Morgan fingerprint density at radius 1 is 1.29 bits per heavy atom. The van der Waals surface area contributed by atoms with Crippen LogP contribution in [0.25, 0.3) is 0 Å². The number of hydrogen-bond donors (Lipinski definition) is 2. The van der Waals surface area contributed by atoms with E-state index >= 15 is 0 Å². The van der Waals surface area contributed by atoms with Crippen molar-refractivity contribution < 1.29 is 17.9 Å². The molecule has 2 aromatic carbocycles. The van der Waals surface area contributed by atoms with Gasteiger partial charge in [-0.15, -0.1) is 0 Å². The molecule has 0 saturated carbocycles. The first-order chi connectivity index (χ1) is 9.85. The largest absolute Gasteiger partial charge is 0.508 e. The summed E-state index contributed by atoms with van der Waals surface area (Å²) in [6, 6.07) is 9.11. The molecule has 0 unspecified atom stereocenters. The number of nitrogens with one attached hydrogen (secondary N) is 1. The fourth-order valence-corrected chi connectivity index (χ4v) is 2.94. The number of nitriles is 1. The van der Waals surface area contributed by atoms with E-state index in [1.54, 1.807) is 6.92 Å². The second kappa shape index (κ2) is 5.42. The Balaban J connectivity index is 2.46. The van der Waals surface area contributed by atoms with Crippen molar-refractivity contribution in [3.8, 4) is 11.8 Å². The zero-order chi connectivity index (χ0) is 15.6. The van der Waals surface area contributed by atoms with Crippen molar-refractivity contribution in [2.45, 2.75) is 11.8 Å². The van der Waals surface area contributed by atoms with Crippen molar-refractivity contribution in [2.24, 2.45) is 0 Å². The van der Waals surface area contributed by atoms with E-state index in [1.165, 1.54) is 30.3 Å². The molecule has 2 aromatic rings. The molecule has 7 heteroatoms. The molecule has 0 aromatic heterocycles. The molecule has 0 bridgehead atoms. The standard InChI is InChI=1S/C14H11FN2O3S/c1-9-5-6-10(7-13(9)18)17-21(19,20)14-4-2-3-12(15)11(14)8-16/h2-7,17-18H,1H3. The number of nitrogens with zero attached hydrogens (tertiary/aromatic N) is 1. The number of sulfonamides is 1. The third-order valence-electron chi connectivity index (χ3n) is 2.84. The van der Waals surface area contributed by atoms with E-state index in [1.807, 2.05) is 0 Å². The quantitative estimate of drug-likeness (QED) is 0.911. The Morgan fingerprint density at radius 2 is 2.00 bits per heavy atom. The summed E-state index contributed by atoms with van der Waals surface area (Å²) in [7, 11) is -4.13. The topological polar surface area (TPSA) is 90.2 Å². The highest BCUT2D eigenvalue weighted by atomic mass is 32.2. The van der Waals surface area contributed by atoms with E-state index in [0.717, 1.165) is 12.1 Å². The van der Waals surface area contributed by atoms with E-state index in [-0.39, 0.29) is 11.4 Å². The number of aryl methyl sites for hydroxylation is 1. The zero-order valence-electron chi connectivity index (χ0n) is 11.0. The molecule has 0 heterocycles. The Hall–Kier alpha value is -2.59. The van der Waals surface area contributed by atoms with Gasteiger partial charge in [-0.05, 0) is 30.7 Å². The van der Waals surface area contributed by atoms with Gasteiger partial charge >= 0.3 is 0 Å². The van der Waals surface area contributed by atoms with E-state index in [9.17, 15) is 17.9 Å². The van der Waals surface area contributed by atoms with Gasteiger partial charge in [-0.25, -0.2) is 12.8 Å². The summed E-state index contributed by atoms with van der Waals surface area (Å²) in [6.45, 7) is 1.66. The minimum absolute atomic E-state index is 0.0741. The molecule has 0 atom stereocenters. The lowest BCUT2D eigenvalue weighted by atomic mass is 10.2. The van der Waals surface area contributed by atoms with Crippen LogP contribution in [0.4, 0.5) is 10.1 Å². The number of aromatic hydroxyl groups is 1. The molecule has 0 aliphatic heterocycles. The van der Waals surface area contributed by atoms with Crippen LogP contribution in [0.3, 0.4) is 0 Å². The highest BCUT2D eigenvalue weighted by Gasteiger charge is 2.21. The van der Waals surface area contributed by atoms with Gasteiger partial charge in [0.2, 0.25) is 0 Å². The van der Waals surface area contributed by atoms with Gasteiger partial charge in [0.05, 0.1) is 5.69 Å². The molecular formula is C14H11FN2O3S. The van der Waals surface area contributed by atoms with Crippen LogP contribution >= 0.6 is 0 Å². The van der Waals surface area contributed by atoms with E-state index in [0.29, 0.717) is 5.56 Å². The number of benzene rings is 2. The summed E-state index contributed by atoms with van der Waals surface area (Å²) in [5.41, 5.74) is 0.147. The number of hydrogen-bond acceptors (Lipinski definition) is 4. The lowest BCUT2D eigenvalue weighted by molar-refractivity contribution is 0.471. The van der Waals surface area contributed by atoms with Crippen LogP contribution in [-0.2, 0) is 10.0 Å². The van der Waals surface area contributed by atoms with E-state index < -0.39 is 26.3 Å². The first-order valence-electron chi connectivity index (χ1n) is 5.86. The van der Waals surface area contributed by atoms with Crippen molar-refractivity contribution >= 4 is 15.7 Å². The SMILES string of the molecule is Cc1ccc(NS(=O)(=O)c2cccc(F)c2C#N)cc1O. The van der Waals surface area contributed by atoms with Crippen LogP contribution in [-0.4, -0.2) is 13.5 Å². The van der Waals surface area contributed by atoms with Gasteiger partial charge in [0, 0.05) is 6.07 Å². The predicted octanol–water partition coefficient (Wildman–Crippen LogP) is 2.51. The van der Waals surface area contributed by atoms with Crippen LogP contribution in [0, 0.1) is 24.1 Å². The van der Waals surface area contributed by atoms with E-state index in [4.69, 9.17) is 5.26 Å². The van der Waals surface area contributed by atoms with Crippen LogP contribution in [0.5, 0.6) is 5.75 Å². The molecule has 0 aliphatic rings. The third kappa shape index (κ3) is 2.95. The molecule has 2 N–H and O–H groups in total. The molecule has 0 spiro atoms. The maximum atomic E-state index is 13.5. The summed E-state index contributed by atoms with van der Waals surface area (Å²) in [5, 5.41) is 18.5. The second-order valence-corrected chi connectivity index (χ2v) is 5.98. The summed E-state index contributed by atoms with van der Waals surface area (Å²) >= 11 is 0. The van der Waals surface area contributed by atoms with Gasteiger partial charge in [-0.2, -0.15) is 5.26 Å². The normalized spacial score (nSPS) is 10.9. The lowest BCUT2D eigenvalue weighted by Gasteiger charge is -2.10. The molecule has 5 nitrogen and oxygen atoms in total. The van der Waals surface area contributed by atoms with Crippen LogP contribution in [0.1, 0.15) is 11.1 Å². The first kappa shape index (κ1) is 14.8. The average Bonchev–Trinajstić information content (AvgIpc) is 2.42. The predicted molar refractivity (Wildman–Crippen MR) is 74.8 cm³/mol. The van der Waals surface area contributed by atoms with Crippen molar-refractivity contribution in [2.75, 3.05) is 4.72 Å². The summed E-state index contributed by atoms with van der Waals surface area (Å²) in [6.07, 6.45) is 0. The molecule has 21 heavy (non-hydrogen) atoms. The average molecular weight is 306 g/mol. The van der Waals surface area contributed by atoms with Crippen LogP contribution in [0.15, 0.2) is 41.3 Å². The Bertz CT molecular complexity index is 842. The minimum Gasteiger partial charge on any atom is -0.508 e. The fourth-order valence-electron chi connectivity index (χ4n) is 1.72. The Kier molecular flexibility index (Phi) is 3.82. The molecular weight excluding hydrogens is 295 g/mol. The number of phenols is 1. The highest BCUT2D eigenvalue weighted by Crippen LogP contribution is 2.25. The number of phenolic OH excluding ortho intramolecular Hbond substituents is 1. The van der Waals surface area contributed by atoms with Gasteiger partial charge in [-0.3, -0.25) is 4.72 Å². The van der Waals surface area contributed by atoms with Gasteiger partial charge < -0.3 is 5.11 Å². The monoisotopic (exact) mass is 306 g/mol. The summed E-state index contributed by atoms with van der Waals surface area (Å²) in [4.78, 5) is -0.454. The second-order valence-electron chi connectivity index (χ2n) is 4.33. The Morgan fingerprint density at radius 3 is 2.62 bits per heavy atom. The van der Waals surface area contributed by atoms with Crippen LogP contribution in [0.2, 0.25) is 0 Å². The molecule has 0 saturated heterocycles. The van der Waals surface area contributed by atoms with Gasteiger partial charge in [0.25, 0.3) is 10.0 Å². The number of rotatable bonds is 3.